The van der Waals surface area contributed by atoms with Gasteiger partial charge < -0.3 is 15.2 Å². The van der Waals surface area contributed by atoms with Crippen molar-refractivity contribution in [2.75, 3.05) is 13.7 Å². The first-order chi connectivity index (χ1) is 6.74. The van der Waals surface area contributed by atoms with Gasteiger partial charge in [0.15, 0.2) is 0 Å². The van der Waals surface area contributed by atoms with Gasteiger partial charge in [-0.15, -0.1) is 0 Å². The van der Waals surface area contributed by atoms with Gasteiger partial charge >= 0.3 is 5.97 Å². The molecule has 0 aliphatic rings. The molecule has 1 heterocycles. The number of aliphatic carboxylic acids is 1. The Balaban J connectivity index is 2.53. The normalized spacial score (nSPS) is 9.79. The molecule has 0 amide bonds. The minimum atomic E-state index is -0.909. The van der Waals surface area contributed by atoms with Crippen molar-refractivity contribution in [3.05, 3.63) is 18.1 Å². The SMILES string of the molecule is COc1nccnc1CNCC(=O)O. The van der Waals surface area contributed by atoms with Gasteiger partial charge in [0, 0.05) is 18.9 Å². The van der Waals surface area contributed by atoms with Crippen molar-refractivity contribution in [1.29, 1.82) is 0 Å². The molecule has 14 heavy (non-hydrogen) atoms. The molecular formula is C8H11N3O3. The van der Waals surface area contributed by atoms with Crippen molar-refractivity contribution < 1.29 is 14.6 Å². The van der Waals surface area contributed by atoms with Gasteiger partial charge in [-0.3, -0.25) is 9.78 Å². The molecule has 0 radical (unpaired) electrons. The first-order valence-corrected chi connectivity index (χ1v) is 4.00. The topological polar surface area (TPSA) is 84.3 Å². The maximum Gasteiger partial charge on any atom is 0.317 e. The van der Waals surface area contributed by atoms with E-state index in [0.29, 0.717) is 18.1 Å². The fourth-order valence-electron chi connectivity index (χ4n) is 0.934. The molecule has 0 unspecified atom stereocenters. The standard InChI is InChI=1S/C8H11N3O3/c1-14-8-6(10-2-3-11-8)4-9-5-7(12)13/h2-3,9H,4-5H2,1H3,(H,12,13). The lowest BCUT2D eigenvalue weighted by Gasteiger charge is -2.05. The summed E-state index contributed by atoms with van der Waals surface area (Å²) in [4.78, 5) is 18.1. The molecular weight excluding hydrogens is 186 g/mol. The van der Waals surface area contributed by atoms with Crippen LogP contribution in [0.3, 0.4) is 0 Å². The molecule has 0 atom stereocenters. The number of hydrogen-bond acceptors (Lipinski definition) is 5. The molecule has 1 aromatic rings. The van der Waals surface area contributed by atoms with Crippen molar-refractivity contribution in [1.82, 2.24) is 15.3 Å². The smallest absolute Gasteiger partial charge is 0.317 e. The summed E-state index contributed by atoms with van der Waals surface area (Å²) in [6, 6.07) is 0. The van der Waals surface area contributed by atoms with Gasteiger partial charge in [-0.25, -0.2) is 4.98 Å². The van der Waals surface area contributed by atoms with E-state index >= 15 is 0 Å². The first kappa shape index (κ1) is 10.4. The summed E-state index contributed by atoms with van der Waals surface area (Å²) in [5, 5.41) is 11.1. The number of ether oxygens (including phenoxy) is 1. The number of hydrogen-bond donors (Lipinski definition) is 2. The maximum absolute atomic E-state index is 10.2. The zero-order valence-electron chi connectivity index (χ0n) is 7.73. The van der Waals surface area contributed by atoms with Crippen LogP contribution in [0.2, 0.25) is 0 Å². The van der Waals surface area contributed by atoms with E-state index in [-0.39, 0.29) is 6.54 Å². The predicted octanol–water partition coefficient (Wildman–Crippen LogP) is -0.341. The fraction of sp³-hybridized carbons (Fsp3) is 0.375. The summed E-state index contributed by atoms with van der Waals surface area (Å²) in [5.74, 6) is -0.502. The number of carboxylic acids is 1. The number of nitrogens with zero attached hydrogens (tertiary/aromatic N) is 2. The summed E-state index contributed by atoms with van der Waals surface area (Å²) in [7, 11) is 1.49. The van der Waals surface area contributed by atoms with E-state index in [9.17, 15) is 4.79 Å². The van der Waals surface area contributed by atoms with E-state index in [4.69, 9.17) is 9.84 Å². The number of nitrogens with one attached hydrogen (secondary N) is 1. The molecule has 6 nitrogen and oxygen atoms in total. The molecule has 76 valence electrons. The van der Waals surface area contributed by atoms with Crippen molar-refractivity contribution in [3.63, 3.8) is 0 Å². The summed E-state index contributed by atoms with van der Waals surface area (Å²) in [6.45, 7) is 0.211. The molecule has 0 saturated carbocycles. The second-order valence-corrected chi connectivity index (χ2v) is 2.51. The van der Waals surface area contributed by atoms with E-state index in [1.807, 2.05) is 0 Å². The number of methoxy groups -OCH3 is 1. The van der Waals surface area contributed by atoms with E-state index in [0.717, 1.165) is 0 Å². The largest absolute Gasteiger partial charge is 0.480 e. The Morgan fingerprint density at radius 3 is 2.93 bits per heavy atom. The van der Waals surface area contributed by atoms with Crippen LogP contribution in [0, 0.1) is 0 Å². The quantitative estimate of drug-likeness (QED) is 0.671. The minimum Gasteiger partial charge on any atom is -0.480 e. The van der Waals surface area contributed by atoms with E-state index in [1.54, 1.807) is 0 Å². The van der Waals surface area contributed by atoms with Crippen molar-refractivity contribution in [3.8, 4) is 5.88 Å². The Hall–Kier alpha value is -1.69. The minimum absolute atomic E-state index is 0.111. The molecule has 0 spiro atoms. The number of carbonyl (C=O) groups is 1. The highest BCUT2D eigenvalue weighted by Crippen LogP contribution is 2.09. The lowest BCUT2D eigenvalue weighted by molar-refractivity contribution is -0.136. The molecule has 0 saturated heterocycles. The Bertz CT molecular complexity index is 316. The first-order valence-electron chi connectivity index (χ1n) is 4.00. The van der Waals surface area contributed by atoms with E-state index < -0.39 is 5.97 Å². The Labute approximate surface area is 80.9 Å². The van der Waals surface area contributed by atoms with Crippen molar-refractivity contribution >= 4 is 5.97 Å². The van der Waals surface area contributed by atoms with Gasteiger partial charge in [-0.05, 0) is 0 Å². The Morgan fingerprint density at radius 2 is 2.29 bits per heavy atom. The third kappa shape index (κ3) is 2.98. The predicted molar refractivity (Wildman–Crippen MR) is 47.9 cm³/mol. The summed E-state index contributed by atoms with van der Waals surface area (Å²) in [5.41, 5.74) is 0.594. The van der Waals surface area contributed by atoms with Gasteiger partial charge in [-0.2, -0.15) is 0 Å². The van der Waals surface area contributed by atoms with Crippen molar-refractivity contribution in [2.24, 2.45) is 0 Å². The molecule has 0 aliphatic carbocycles. The van der Waals surface area contributed by atoms with Crippen LogP contribution >= 0.6 is 0 Å². The third-order valence-electron chi connectivity index (χ3n) is 1.50. The molecule has 0 fully saturated rings. The van der Waals surface area contributed by atoms with Crippen LogP contribution in [-0.4, -0.2) is 34.7 Å². The highest BCUT2D eigenvalue weighted by Gasteiger charge is 2.04. The molecule has 6 heteroatoms. The maximum atomic E-state index is 10.2. The lowest BCUT2D eigenvalue weighted by atomic mass is 10.4. The zero-order valence-corrected chi connectivity index (χ0v) is 7.73. The van der Waals surface area contributed by atoms with Crippen LogP contribution in [0.4, 0.5) is 0 Å². The average molecular weight is 197 g/mol. The molecule has 0 aliphatic heterocycles. The van der Waals surface area contributed by atoms with Crippen LogP contribution in [0.1, 0.15) is 5.69 Å². The van der Waals surface area contributed by atoms with Crippen LogP contribution in [0.5, 0.6) is 5.88 Å². The molecule has 0 aromatic carbocycles. The second-order valence-electron chi connectivity index (χ2n) is 2.51. The van der Waals surface area contributed by atoms with Crippen molar-refractivity contribution in [2.45, 2.75) is 6.54 Å². The summed E-state index contributed by atoms with van der Waals surface area (Å²) < 4.78 is 4.94. The van der Waals surface area contributed by atoms with Crippen LogP contribution in [0.25, 0.3) is 0 Å². The highest BCUT2D eigenvalue weighted by molar-refractivity contribution is 5.68. The monoisotopic (exact) mass is 197 g/mol. The second kappa shape index (κ2) is 5.13. The number of aromatic nitrogens is 2. The Morgan fingerprint density at radius 1 is 1.57 bits per heavy atom. The lowest BCUT2D eigenvalue weighted by Crippen LogP contribution is -2.22. The Kier molecular flexibility index (Phi) is 3.81. The molecule has 2 N–H and O–H groups in total. The fourth-order valence-corrected chi connectivity index (χ4v) is 0.934. The zero-order chi connectivity index (χ0) is 10.4. The van der Waals surface area contributed by atoms with Gasteiger partial charge in [0.05, 0.1) is 13.7 Å². The summed E-state index contributed by atoms with van der Waals surface area (Å²) >= 11 is 0. The average Bonchev–Trinajstić information content (AvgIpc) is 2.18. The van der Waals surface area contributed by atoms with Crippen LogP contribution in [0.15, 0.2) is 12.4 Å². The van der Waals surface area contributed by atoms with E-state index in [1.165, 1.54) is 19.5 Å². The molecule has 0 bridgehead atoms. The highest BCUT2D eigenvalue weighted by atomic mass is 16.5. The van der Waals surface area contributed by atoms with Crippen LogP contribution in [-0.2, 0) is 11.3 Å². The van der Waals surface area contributed by atoms with E-state index in [2.05, 4.69) is 15.3 Å². The van der Waals surface area contributed by atoms with Gasteiger partial charge in [0.2, 0.25) is 5.88 Å². The van der Waals surface area contributed by atoms with Gasteiger partial charge in [0.1, 0.15) is 5.69 Å². The van der Waals surface area contributed by atoms with Gasteiger partial charge in [-0.1, -0.05) is 0 Å². The third-order valence-corrected chi connectivity index (χ3v) is 1.50. The molecule has 1 rings (SSSR count). The van der Waals surface area contributed by atoms with Gasteiger partial charge in [0.25, 0.3) is 0 Å². The summed E-state index contributed by atoms with van der Waals surface area (Å²) in [6.07, 6.45) is 3.04. The van der Waals surface area contributed by atoms with Crippen LogP contribution < -0.4 is 10.1 Å². The number of carboxylic acid groups (broad SMARTS) is 1. The molecule has 1 aromatic heterocycles. The number of rotatable bonds is 5.